The van der Waals surface area contributed by atoms with E-state index in [-0.39, 0.29) is 22.7 Å². The van der Waals surface area contributed by atoms with Gasteiger partial charge in [0.1, 0.15) is 17.2 Å². The van der Waals surface area contributed by atoms with Crippen LogP contribution in [0.15, 0.2) is 36.4 Å². The second-order valence-electron chi connectivity index (χ2n) is 4.82. The summed E-state index contributed by atoms with van der Waals surface area (Å²) in [5, 5.41) is 11.2. The summed E-state index contributed by atoms with van der Waals surface area (Å²) in [5.41, 5.74) is -0.503. The van der Waals surface area contributed by atoms with Crippen LogP contribution in [-0.4, -0.2) is 22.8 Å². The van der Waals surface area contributed by atoms with Gasteiger partial charge in [-0.2, -0.15) is 0 Å². The van der Waals surface area contributed by atoms with Crippen LogP contribution < -0.4 is 0 Å². The molecule has 0 heterocycles. The Balaban J connectivity index is 2.28. The van der Waals surface area contributed by atoms with Gasteiger partial charge in [-0.3, -0.25) is 14.9 Å². The topological polar surface area (TPSA) is 63.5 Å². The first-order valence-corrected chi connectivity index (χ1v) is 6.80. The molecule has 1 amide bonds. The zero-order chi connectivity index (χ0) is 17.1. The first-order valence-electron chi connectivity index (χ1n) is 6.43. The van der Waals surface area contributed by atoms with Crippen molar-refractivity contribution in [1.82, 2.24) is 4.90 Å². The molecule has 0 aliphatic carbocycles. The van der Waals surface area contributed by atoms with Crippen LogP contribution in [0.1, 0.15) is 15.9 Å². The molecule has 0 unspecified atom stereocenters. The molecule has 5 nitrogen and oxygen atoms in total. The Morgan fingerprint density at radius 1 is 1.26 bits per heavy atom. The number of amides is 1. The molecule has 0 spiro atoms. The van der Waals surface area contributed by atoms with E-state index in [2.05, 4.69) is 0 Å². The molecule has 0 radical (unpaired) electrons. The number of carbonyl (C=O) groups excluding carboxylic acids is 1. The zero-order valence-corrected chi connectivity index (χ0v) is 12.7. The SMILES string of the molecule is CN(Cc1ccc(F)cc1F)C(=O)c1ccc(Cl)cc1[N+](=O)[O-]. The maximum absolute atomic E-state index is 13.6. The van der Waals surface area contributed by atoms with Gasteiger partial charge in [-0.25, -0.2) is 8.78 Å². The van der Waals surface area contributed by atoms with Crippen molar-refractivity contribution < 1.29 is 18.5 Å². The first kappa shape index (κ1) is 16.8. The summed E-state index contributed by atoms with van der Waals surface area (Å²) in [5.74, 6) is -2.19. The summed E-state index contributed by atoms with van der Waals surface area (Å²) >= 11 is 5.70. The smallest absolute Gasteiger partial charge is 0.283 e. The fourth-order valence-electron chi connectivity index (χ4n) is 2.02. The zero-order valence-electron chi connectivity index (χ0n) is 11.9. The lowest BCUT2D eigenvalue weighted by Gasteiger charge is -2.17. The Labute approximate surface area is 135 Å². The van der Waals surface area contributed by atoms with E-state index >= 15 is 0 Å². The summed E-state index contributed by atoms with van der Waals surface area (Å²) in [4.78, 5) is 23.8. The molecular weight excluding hydrogens is 330 g/mol. The van der Waals surface area contributed by atoms with Gasteiger partial charge < -0.3 is 4.90 Å². The Morgan fingerprint density at radius 3 is 2.57 bits per heavy atom. The van der Waals surface area contributed by atoms with Crippen molar-refractivity contribution >= 4 is 23.2 Å². The van der Waals surface area contributed by atoms with Crippen LogP contribution in [0.25, 0.3) is 0 Å². The number of carbonyl (C=O) groups is 1. The van der Waals surface area contributed by atoms with Gasteiger partial charge >= 0.3 is 0 Å². The molecule has 0 bridgehead atoms. The third-order valence-electron chi connectivity index (χ3n) is 3.16. The first-order chi connectivity index (χ1) is 10.8. The van der Waals surface area contributed by atoms with E-state index in [1.807, 2.05) is 0 Å². The highest BCUT2D eigenvalue weighted by atomic mass is 35.5. The van der Waals surface area contributed by atoms with Crippen LogP contribution in [0, 0.1) is 21.7 Å². The molecule has 0 atom stereocenters. The number of rotatable bonds is 4. The fraction of sp³-hybridized carbons (Fsp3) is 0.133. The van der Waals surface area contributed by atoms with Crippen LogP contribution in [-0.2, 0) is 6.54 Å². The second-order valence-corrected chi connectivity index (χ2v) is 5.25. The lowest BCUT2D eigenvalue weighted by atomic mass is 10.1. The number of hydrogen-bond donors (Lipinski definition) is 0. The minimum Gasteiger partial charge on any atom is -0.337 e. The number of benzene rings is 2. The molecule has 2 rings (SSSR count). The number of nitrogens with zero attached hydrogens (tertiary/aromatic N) is 2. The third kappa shape index (κ3) is 3.81. The van der Waals surface area contributed by atoms with Gasteiger partial charge in [0.05, 0.1) is 4.92 Å². The quantitative estimate of drug-likeness (QED) is 0.628. The van der Waals surface area contributed by atoms with E-state index < -0.39 is 28.2 Å². The van der Waals surface area contributed by atoms with E-state index in [1.54, 1.807) is 0 Å². The molecule has 0 saturated heterocycles. The van der Waals surface area contributed by atoms with Crippen LogP contribution in [0.3, 0.4) is 0 Å². The van der Waals surface area contributed by atoms with Crippen LogP contribution in [0.5, 0.6) is 0 Å². The largest absolute Gasteiger partial charge is 0.337 e. The highest BCUT2D eigenvalue weighted by Crippen LogP contribution is 2.25. The summed E-state index contributed by atoms with van der Waals surface area (Å²) in [6.45, 7) is -0.162. The molecule has 2 aromatic carbocycles. The maximum atomic E-state index is 13.6. The van der Waals surface area contributed by atoms with Crippen molar-refractivity contribution in [3.05, 3.63) is 74.3 Å². The van der Waals surface area contributed by atoms with Gasteiger partial charge in [0.15, 0.2) is 0 Å². The van der Waals surface area contributed by atoms with Crippen molar-refractivity contribution in [2.24, 2.45) is 0 Å². The van der Waals surface area contributed by atoms with E-state index in [1.165, 1.54) is 25.2 Å². The molecule has 8 heteroatoms. The summed E-state index contributed by atoms with van der Waals surface area (Å²) < 4.78 is 26.5. The van der Waals surface area contributed by atoms with Crippen molar-refractivity contribution in [2.45, 2.75) is 6.54 Å². The molecule has 0 aliphatic rings. The molecule has 0 N–H and O–H groups in total. The summed E-state index contributed by atoms with van der Waals surface area (Å²) in [7, 11) is 1.36. The average Bonchev–Trinajstić information content (AvgIpc) is 2.49. The van der Waals surface area contributed by atoms with Crippen LogP contribution in [0.4, 0.5) is 14.5 Å². The lowest BCUT2D eigenvalue weighted by molar-refractivity contribution is -0.385. The van der Waals surface area contributed by atoms with Gasteiger partial charge in [-0.05, 0) is 18.2 Å². The lowest BCUT2D eigenvalue weighted by Crippen LogP contribution is -2.27. The van der Waals surface area contributed by atoms with E-state index in [4.69, 9.17) is 11.6 Å². The maximum Gasteiger partial charge on any atom is 0.283 e. The van der Waals surface area contributed by atoms with Gasteiger partial charge in [-0.1, -0.05) is 17.7 Å². The average molecular weight is 341 g/mol. The van der Waals surface area contributed by atoms with Crippen molar-refractivity contribution in [3.63, 3.8) is 0 Å². The molecule has 23 heavy (non-hydrogen) atoms. The van der Waals surface area contributed by atoms with Gasteiger partial charge in [-0.15, -0.1) is 0 Å². The molecule has 120 valence electrons. The van der Waals surface area contributed by atoms with Gasteiger partial charge in [0, 0.05) is 36.3 Å². The third-order valence-corrected chi connectivity index (χ3v) is 3.39. The Hall–Kier alpha value is -2.54. The summed E-state index contributed by atoms with van der Waals surface area (Å²) in [6, 6.07) is 6.65. The second kappa shape index (κ2) is 6.70. The highest BCUT2D eigenvalue weighted by Gasteiger charge is 2.23. The van der Waals surface area contributed by atoms with Crippen molar-refractivity contribution in [1.29, 1.82) is 0 Å². The van der Waals surface area contributed by atoms with Crippen LogP contribution in [0.2, 0.25) is 5.02 Å². The van der Waals surface area contributed by atoms with E-state index in [0.717, 1.165) is 17.0 Å². The molecule has 0 saturated carbocycles. The number of nitro groups is 1. The van der Waals surface area contributed by atoms with Gasteiger partial charge in [0.2, 0.25) is 0 Å². The van der Waals surface area contributed by atoms with E-state index in [0.29, 0.717) is 6.07 Å². The van der Waals surface area contributed by atoms with E-state index in [9.17, 15) is 23.7 Å². The van der Waals surface area contributed by atoms with Crippen molar-refractivity contribution in [3.8, 4) is 0 Å². The predicted molar refractivity (Wildman–Crippen MR) is 80.3 cm³/mol. The Bertz CT molecular complexity index is 783. The standard InChI is InChI=1S/C15H11ClF2N2O3/c1-19(8-9-2-4-11(17)7-13(9)18)15(21)12-5-3-10(16)6-14(12)20(22)23/h2-7H,8H2,1H3. The molecule has 0 aromatic heterocycles. The number of hydrogen-bond acceptors (Lipinski definition) is 3. The monoisotopic (exact) mass is 340 g/mol. The molecule has 2 aromatic rings. The molecular formula is C15H11ClF2N2O3. The summed E-state index contributed by atoms with van der Waals surface area (Å²) in [6.07, 6.45) is 0. The Morgan fingerprint density at radius 2 is 1.96 bits per heavy atom. The van der Waals surface area contributed by atoms with Crippen molar-refractivity contribution in [2.75, 3.05) is 7.05 Å². The normalized spacial score (nSPS) is 10.4. The van der Waals surface area contributed by atoms with Crippen LogP contribution >= 0.6 is 11.6 Å². The van der Waals surface area contributed by atoms with Gasteiger partial charge in [0.25, 0.3) is 11.6 Å². The molecule has 0 aliphatic heterocycles. The minimum absolute atomic E-state index is 0.0962. The predicted octanol–water partition coefficient (Wildman–Crippen LogP) is 3.80. The Kier molecular flexibility index (Phi) is 4.90. The molecule has 0 fully saturated rings. The highest BCUT2D eigenvalue weighted by molar-refractivity contribution is 6.31. The number of nitro benzene ring substituents is 1. The number of halogens is 3. The minimum atomic E-state index is -0.796. The fourth-order valence-corrected chi connectivity index (χ4v) is 2.19.